The number of rotatable bonds is 11. The first-order valence-electron chi connectivity index (χ1n) is 10.1. The van der Waals surface area contributed by atoms with Gasteiger partial charge in [-0.1, -0.05) is 46.2 Å². The second-order valence-electron chi connectivity index (χ2n) is 6.87. The number of anilines is 2. The Kier molecular flexibility index (Phi) is 8.56. The van der Waals surface area contributed by atoms with Crippen molar-refractivity contribution in [3.05, 3.63) is 47.3 Å². The molecule has 142 valence electrons. The number of hydrogen-bond donors (Lipinski definition) is 1. The molecule has 0 fully saturated rings. The molecule has 0 atom stereocenters. The van der Waals surface area contributed by atoms with Gasteiger partial charge in [-0.3, -0.25) is 4.90 Å². The third kappa shape index (κ3) is 6.10. The third-order valence-electron chi connectivity index (χ3n) is 4.50. The lowest BCUT2D eigenvalue weighted by Crippen LogP contribution is -2.24. The van der Waals surface area contributed by atoms with E-state index < -0.39 is 0 Å². The highest BCUT2D eigenvalue weighted by Gasteiger charge is 2.07. The average Bonchev–Trinajstić information content (AvgIpc) is 2.65. The smallest absolute Gasteiger partial charge is 0.227 e. The van der Waals surface area contributed by atoms with Gasteiger partial charge >= 0.3 is 0 Å². The van der Waals surface area contributed by atoms with Gasteiger partial charge < -0.3 is 5.32 Å². The highest BCUT2D eigenvalue weighted by atomic mass is 15.1. The molecule has 2 rings (SSSR count). The van der Waals surface area contributed by atoms with Gasteiger partial charge in [-0.15, -0.1) is 0 Å². The van der Waals surface area contributed by atoms with E-state index in [9.17, 15) is 0 Å². The van der Waals surface area contributed by atoms with Crippen molar-refractivity contribution in [2.24, 2.45) is 0 Å². The van der Waals surface area contributed by atoms with E-state index in [1.165, 1.54) is 24.0 Å². The number of nitrogens with zero attached hydrogens (tertiary/aromatic N) is 3. The molecule has 0 spiro atoms. The summed E-state index contributed by atoms with van der Waals surface area (Å²) in [4.78, 5) is 11.7. The summed E-state index contributed by atoms with van der Waals surface area (Å²) < 4.78 is 0. The van der Waals surface area contributed by atoms with E-state index in [4.69, 9.17) is 4.98 Å². The molecule has 0 saturated heterocycles. The van der Waals surface area contributed by atoms with Crippen LogP contribution in [-0.2, 0) is 19.4 Å². The predicted octanol–water partition coefficient (Wildman–Crippen LogP) is 5.36. The van der Waals surface area contributed by atoms with E-state index >= 15 is 0 Å². The van der Waals surface area contributed by atoms with Gasteiger partial charge in [-0.05, 0) is 62.0 Å². The van der Waals surface area contributed by atoms with Crippen molar-refractivity contribution < 1.29 is 0 Å². The minimum atomic E-state index is 0.688. The van der Waals surface area contributed by atoms with E-state index in [1.807, 2.05) is 6.20 Å². The van der Waals surface area contributed by atoms with Crippen molar-refractivity contribution in [3.8, 4) is 0 Å². The predicted molar refractivity (Wildman–Crippen MR) is 111 cm³/mol. The molecule has 0 aliphatic heterocycles. The van der Waals surface area contributed by atoms with Gasteiger partial charge in [0.2, 0.25) is 5.95 Å². The molecule has 1 aromatic carbocycles. The molecular formula is C22H34N4. The average molecular weight is 355 g/mol. The first-order valence-corrected chi connectivity index (χ1v) is 10.1. The molecule has 1 aromatic heterocycles. The highest BCUT2D eigenvalue weighted by molar-refractivity contribution is 5.53. The molecule has 1 heterocycles. The fourth-order valence-electron chi connectivity index (χ4n) is 3.27. The van der Waals surface area contributed by atoms with E-state index in [1.54, 1.807) is 0 Å². The van der Waals surface area contributed by atoms with Crippen LogP contribution in [-0.4, -0.2) is 28.0 Å². The van der Waals surface area contributed by atoms with Gasteiger partial charge in [0, 0.05) is 24.1 Å². The zero-order valence-corrected chi connectivity index (χ0v) is 16.9. The summed E-state index contributed by atoms with van der Waals surface area (Å²) in [5.74, 6) is 0.688. The maximum atomic E-state index is 4.69. The summed E-state index contributed by atoms with van der Waals surface area (Å²) in [6.07, 6.45) is 7.48. The molecule has 1 N–H and O–H groups in total. The Morgan fingerprint density at radius 1 is 0.923 bits per heavy atom. The summed E-state index contributed by atoms with van der Waals surface area (Å²) in [5.41, 5.74) is 4.81. The molecule has 0 aliphatic carbocycles. The Bertz CT molecular complexity index is 646. The Morgan fingerprint density at radius 3 is 2.19 bits per heavy atom. The summed E-state index contributed by atoms with van der Waals surface area (Å²) in [5, 5.41) is 3.34. The van der Waals surface area contributed by atoms with Crippen LogP contribution in [0.5, 0.6) is 0 Å². The van der Waals surface area contributed by atoms with Crippen LogP contribution >= 0.6 is 0 Å². The largest absolute Gasteiger partial charge is 0.324 e. The zero-order valence-electron chi connectivity index (χ0n) is 16.9. The lowest BCUT2D eigenvalue weighted by atomic mass is 10.1. The molecular weight excluding hydrogens is 320 g/mol. The molecule has 0 unspecified atom stereocenters. The monoisotopic (exact) mass is 354 g/mol. The summed E-state index contributed by atoms with van der Waals surface area (Å²) >= 11 is 0. The number of aromatic nitrogens is 2. The molecule has 0 bridgehead atoms. The molecule has 0 radical (unpaired) electrons. The number of aryl methyl sites for hydroxylation is 2. The first-order chi connectivity index (χ1) is 12.7. The van der Waals surface area contributed by atoms with Gasteiger partial charge in [0.1, 0.15) is 0 Å². The second-order valence-corrected chi connectivity index (χ2v) is 6.87. The van der Waals surface area contributed by atoms with Crippen LogP contribution < -0.4 is 5.32 Å². The fraction of sp³-hybridized carbons (Fsp3) is 0.545. The molecule has 26 heavy (non-hydrogen) atoms. The molecule has 2 aromatic rings. The van der Waals surface area contributed by atoms with E-state index in [-0.39, 0.29) is 0 Å². The molecule has 0 saturated carbocycles. The van der Waals surface area contributed by atoms with Crippen molar-refractivity contribution in [2.45, 2.75) is 66.3 Å². The molecule has 4 nitrogen and oxygen atoms in total. The summed E-state index contributed by atoms with van der Waals surface area (Å²) in [7, 11) is 0. The van der Waals surface area contributed by atoms with Gasteiger partial charge in [0.15, 0.2) is 0 Å². The van der Waals surface area contributed by atoms with E-state index in [0.717, 1.165) is 50.3 Å². The Hall–Kier alpha value is -1.94. The Morgan fingerprint density at radius 2 is 1.62 bits per heavy atom. The minimum Gasteiger partial charge on any atom is -0.324 e. The van der Waals surface area contributed by atoms with Crippen molar-refractivity contribution in [1.29, 1.82) is 0 Å². The first kappa shape index (κ1) is 20.4. The molecule has 0 aliphatic rings. The quantitative estimate of drug-likeness (QED) is 0.590. The Balaban J connectivity index is 2.02. The number of nitrogens with one attached hydrogen (secondary N) is 1. The van der Waals surface area contributed by atoms with Crippen LogP contribution in [0.4, 0.5) is 11.6 Å². The zero-order chi connectivity index (χ0) is 18.8. The summed E-state index contributed by atoms with van der Waals surface area (Å²) in [6.45, 7) is 12.2. The lowest BCUT2D eigenvalue weighted by molar-refractivity contribution is 0.266. The molecule has 4 heteroatoms. The van der Waals surface area contributed by atoms with Crippen LogP contribution in [0, 0.1) is 0 Å². The van der Waals surface area contributed by atoms with Gasteiger partial charge in [-0.25, -0.2) is 9.97 Å². The second kappa shape index (κ2) is 10.9. The maximum Gasteiger partial charge on any atom is 0.227 e. The Labute approximate surface area is 159 Å². The van der Waals surface area contributed by atoms with Crippen molar-refractivity contribution >= 4 is 11.6 Å². The van der Waals surface area contributed by atoms with Gasteiger partial charge in [0.25, 0.3) is 0 Å². The number of hydrogen-bond acceptors (Lipinski definition) is 4. The number of benzene rings is 1. The van der Waals surface area contributed by atoms with Crippen LogP contribution in [0.25, 0.3) is 0 Å². The summed E-state index contributed by atoms with van der Waals surface area (Å²) in [6, 6.07) is 8.65. The van der Waals surface area contributed by atoms with Crippen molar-refractivity contribution in [3.63, 3.8) is 0 Å². The normalized spacial score (nSPS) is 11.1. The fourth-order valence-corrected chi connectivity index (χ4v) is 3.27. The lowest BCUT2D eigenvalue weighted by Gasteiger charge is -2.21. The van der Waals surface area contributed by atoms with Crippen LogP contribution in [0.2, 0.25) is 0 Å². The van der Waals surface area contributed by atoms with Crippen LogP contribution in [0.3, 0.4) is 0 Å². The van der Waals surface area contributed by atoms with Crippen LogP contribution in [0.15, 0.2) is 30.5 Å². The van der Waals surface area contributed by atoms with Crippen molar-refractivity contribution in [2.75, 3.05) is 18.4 Å². The third-order valence-corrected chi connectivity index (χ3v) is 4.50. The minimum absolute atomic E-state index is 0.688. The van der Waals surface area contributed by atoms with E-state index in [2.05, 4.69) is 67.2 Å². The van der Waals surface area contributed by atoms with E-state index in [0.29, 0.717) is 5.95 Å². The van der Waals surface area contributed by atoms with Gasteiger partial charge in [0.05, 0.1) is 0 Å². The standard InChI is InChI=1S/C22H34N4/c1-5-9-19-16-23-22(25-21(19)8-4)24-20-12-10-18(11-13-20)17-26(14-6-2)15-7-3/h10-13,16H,5-9,14-15,17H2,1-4H3,(H,23,24,25). The van der Waals surface area contributed by atoms with Gasteiger partial charge in [-0.2, -0.15) is 0 Å². The van der Waals surface area contributed by atoms with Crippen LogP contribution in [0.1, 0.15) is 63.8 Å². The van der Waals surface area contributed by atoms with Crippen molar-refractivity contribution in [1.82, 2.24) is 14.9 Å². The molecule has 0 amide bonds. The maximum absolute atomic E-state index is 4.69. The topological polar surface area (TPSA) is 41.1 Å². The SMILES string of the molecule is CCCc1cnc(Nc2ccc(CN(CCC)CCC)cc2)nc1CC. The highest BCUT2D eigenvalue weighted by Crippen LogP contribution is 2.17.